The minimum absolute atomic E-state index is 0.257. The number of aliphatic hydroxyl groups is 2. The third kappa shape index (κ3) is 4.08. The summed E-state index contributed by atoms with van der Waals surface area (Å²) in [6.45, 7) is -0.257. The molecule has 0 spiro atoms. The SMILES string of the molecule is O=C(OC1[C@H](O)OC[C@@H](O)[C@H]1OC(=O)c1ccccc1)c1ccccc1. The first-order chi connectivity index (χ1) is 12.6. The highest BCUT2D eigenvalue weighted by Gasteiger charge is 2.44. The zero-order chi connectivity index (χ0) is 18.5. The molecule has 0 radical (unpaired) electrons. The lowest BCUT2D eigenvalue weighted by Gasteiger charge is -2.37. The van der Waals surface area contributed by atoms with Gasteiger partial charge in [0.2, 0.25) is 0 Å². The van der Waals surface area contributed by atoms with Crippen molar-refractivity contribution >= 4 is 11.9 Å². The minimum Gasteiger partial charge on any atom is -0.452 e. The number of rotatable bonds is 4. The van der Waals surface area contributed by atoms with Gasteiger partial charge in [-0.2, -0.15) is 0 Å². The molecule has 0 aromatic heterocycles. The molecule has 7 heteroatoms. The van der Waals surface area contributed by atoms with E-state index >= 15 is 0 Å². The number of carbonyl (C=O) groups is 2. The fourth-order valence-corrected chi connectivity index (χ4v) is 2.57. The van der Waals surface area contributed by atoms with Crippen molar-refractivity contribution in [2.75, 3.05) is 6.61 Å². The molecule has 4 atom stereocenters. The topological polar surface area (TPSA) is 102 Å². The van der Waals surface area contributed by atoms with Gasteiger partial charge in [0.15, 0.2) is 18.5 Å². The maximum atomic E-state index is 12.3. The minimum atomic E-state index is -1.53. The summed E-state index contributed by atoms with van der Waals surface area (Å²) in [7, 11) is 0. The van der Waals surface area contributed by atoms with Crippen molar-refractivity contribution in [2.24, 2.45) is 0 Å². The Labute approximate surface area is 149 Å². The Hall–Kier alpha value is -2.74. The van der Waals surface area contributed by atoms with Gasteiger partial charge in [-0.1, -0.05) is 36.4 Å². The second-order valence-electron chi connectivity index (χ2n) is 5.76. The molecule has 0 aliphatic carbocycles. The van der Waals surface area contributed by atoms with E-state index in [4.69, 9.17) is 14.2 Å². The van der Waals surface area contributed by atoms with Gasteiger partial charge in [-0.3, -0.25) is 0 Å². The maximum absolute atomic E-state index is 12.3. The number of hydrogen-bond acceptors (Lipinski definition) is 7. The van der Waals surface area contributed by atoms with Crippen LogP contribution in [0.2, 0.25) is 0 Å². The summed E-state index contributed by atoms with van der Waals surface area (Å²) in [4.78, 5) is 24.5. The van der Waals surface area contributed by atoms with Crippen molar-refractivity contribution in [3.05, 3.63) is 71.8 Å². The first-order valence-electron chi connectivity index (χ1n) is 8.06. The van der Waals surface area contributed by atoms with Crippen LogP contribution in [0.1, 0.15) is 20.7 Å². The van der Waals surface area contributed by atoms with E-state index in [9.17, 15) is 19.8 Å². The van der Waals surface area contributed by atoms with Gasteiger partial charge in [-0.25, -0.2) is 9.59 Å². The van der Waals surface area contributed by atoms with E-state index in [1.807, 2.05) is 0 Å². The molecular weight excluding hydrogens is 340 g/mol. The standard InChI is InChI=1S/C19H18O7/c20-14-11-24-19(23)16(26-18(22)13-9-5-2-6-10-13)15(14)25-17(21)12-7-3-1-4-8-12/h1-10,14-16,19-20,23H,11H2/t14-,15-,16?,19-/m1/s1. The molecule has 7 nitrogen and oxygen atoms in total. The van der Waals surface area contributed by atoms with Gasteiger partial charge in [-0.15, -0.1) is 0 Å². The van der Waals surface area contributed by atoms with Crippen molar-refractivity contribution in [3.8, 4) is 0 Å². The molecule has 0 bridgehead atoms. The Morgan fingerprint density at radius 2 is 1.27 bits per heavy atom. The highest BCUT2D eigenvalue weighted by Crippen LogP contribution is 2.23. The molecule has 1 unspecified atom stereocenters. The monoisotopic (exact) mass is 358 g/mol. The second kappa shape index (κ2) is 8.09. The Morgan fingerprint density at radius 3 is 1.77 bits per heavy atom. The van der Waals surface area contributed by atoms with Gasteiger partial charge in [0.05, 0.1) is 17.7 Å². The maximum Gasteiger partial charge on any atom is 0.338 e. The van der Waals surface area contributed by atoms with E-state index in [-0.39, 0.29) is 17.7 Å². The molecule has 2 aromatic carbocycles. The summed E-state index contributed by atoms with van der Waals surface area (Å²) in [5.41, 5.74) is 0.529. The van der Waals surface area contributed by atoms with Gasteiger partial charge in [0.25, 0.3) is 0 Å². The molecule has 1 saturated heterocycles. The molecule has 0 saturated carbocycles. The van der Waals surface area contributed by atoms with Gasteiger partial charge in [-0.05, 0) is 24.3 Å². The number of ether oxygens (including phenoxy) is 3. The van der Waals surface area contributed by atoms with Crippen LogP contribution < -0.4 is 0 Å². The van der Waals surface area contributed by atoms with E-state index in [0.29, 0.717) is 0 Å². The van der Waals surface area contributed by atoms with Gasteiger partial charge >= 0.3 is 11.9 Å². The van der Waals surface area contributed by atoms with Crippen molar-refractivity contribution in [3.63, 3.8) is 0 Å². The Morgan fingerprint density at radius 1 is 0.808 bits per heavy atom. The molecular formula is C19H18O7. The second-order valence-corrected chi connectivity index (χ2v) is 5.76. The van der Waals surface area contributed by atoms with E-state index in [2.05, 4.69) is 0 Å². The average Bonchev–Trinajstić information content (AvgIpc) is 2.68. The smallest absolute Gasteiger partial charge is 0.338 e. The van der Waals surface area contributed by atoms with Crippen LogP contribution in [0.15, 0.2) is 60.7 Å². The zero-order valence-corrected chi connectivity index (χ0v) is 13.7. The van der Waals surface area contributed by atoms with Crippen LogP contribution in [0, 0.1) is 0 Å². The lowest BCUT2D eigenvalue weighted by molar-refractivity contribution is -0.251. The normalized spacial score (nSPS) is 25.3. The molecule has 1 heterocycles. The van der Waals surface area contributed by atoms with Crippen molar-refractivity contribution in [1.29, 1.82) is 0 Å². The summed E-state index contributed by atoms with van der Waals surface area (Å²) in [6, 6.07) is 16.3. The van der Waals surface area contributed by atoms with Crippen LogP contribution in [0.25, 0.3) is 0 Å². The Bertz CT molecular complexity index is 681. The van der Waals surface area contributed by atoms with E-state index in [0.717, 1.165) is 0 Å². The quantitative estimate of drug-likeness (QED) is 0.790. The van der Waals surface area contributed by atoms with Crippen molar-refractivity contribution < 1.29 is 34.0 Å². The summed E-state index contributed by atoms with van der Waals surface area (Å²) >= 11 is 0. The van der Waals surface area contributed by atoms with Gasteiger partial charge in [0, 0.05) is 0 Å². The molecule has 3 rings (SSSR count). The Balaban J connectivity index is 1.76. The lowest BCUT2D eigenvalue weighted by atomic mass is 10.0. The van der Waals surface area contributed by atoms with Crippen LogP contribution in [0.4, 0.5) is 0 Å². The first-order valence-corrected chi connectivity index (χ1v) is 8.06. The molecule has 1 aliphatic rings. The number of carbonyl (C=O) groups excluding carboxylic acids is 2. The molecule has 136 valence electrons. The molecule has 2 aromatic rings. The summed E-state index contributed by atoms with van der Waals surface area (Å²) in [6.07, 6.45) is -5.41. The Kier molecular flexibility index (Phi) is 5.62. The number of hydrogen-bond donors (Lipinski definition) is 2. The predicted molar refractivity (Wildman–Crippen MR) is 89.3 cm³/mol. The lowest BCUT2D eigenvalue weighted by Crippen LogP contribution is -2.56. The van der Waals surface area contributed by atoms with Crippen molar-refractivity contribution in [2.45, 2.75) is 24.6 Å². The third-order valence-corrected chi connectivity index (χ3v) is 3.93. The summed E-state index contributed by atoms with van der Waals surface area (Å²) < 4.78 is 15.6. The fraction of sp³-hybridized carbons (Fsp3) is 0.263. The van der Waals surface area contributed by atoms with E-state index in [1.165, 1.54) is 0 Å². The van der Waals surface area contributed by atoms with Gasteiger partial charge < -0.3 is 24.4 Å². The molecule has 1 fully saturated rings. The van der Waals surface area contributed by atoms with Crippen LogP contribution in [-0.4, -0.2) is 53.4 Å². The first kappa shape index (κ1) is 18.1. The average molecular weight is 358 g/mol. The van der Waals surface area contributed by atoms with Crippen LogP contribution in [0.3, 0.4) is 0 Å². The number of benzene rings is 2. The predicted octanol–water partition coefficient (Wildman–Crippen LogP) is 1.15. The van der Waals surface area contributed by atoms with E-state index in [1.54, 1.807) is 60.7 Å². The van der Waals surface area contributed by atoms with E-state index < -0.39 is 36.5 Å². The summed E-state index contributed by atoms with van der Waals surface area (Å²) in [5.74, 6) is -1.43. The molecule has 26 heavy (non-hydrogen) atoms. The molecule has 2 N–H and O–H groups in total. The highest BCUT2D eigenvalue weighted by atomic mass is 16.7. The highest BCUT2D eigenvalue weighted by molar-refractivity contribution is 5.90. The fourth-order valence-electron chi connectivity index (χ4n) is 2.57. The zero-order valence-electron chi connectivity index (χ0n) is 13.7. The number of esters is 2. The third-order valence-electron chi connectivity index (χ3n) is 3.93. The molecule has 0 amide bonds. The van der Waals surface area contributed by atoms with Crippen LogP contribution in [0.5, 0.6) is 0 Å². The molecule has 1 aliphatic heterocycles. The van der Waals surface area contributed by atoms with Crippen LogP contribution >= 0.6 is 0 Å². The largest absolute Gasteiger partial charge is 0.452 e. The summed E-state index contributed by atoms with van der Waals surface area (Å²) in [5, 5.41) is 20.2. The van der Waals surface area contributed by atoms with Gasteiger partial charge in [0.1, 0.15) is 6.10 Å². The van der Waals surface area contributed by atoms with Crippen LogP contribution in [-0.2, 0) is 14.2 Å². The van der Waals surface area contributed by atoms with Crippen molar-refractivity contribution in [1.82, 2.24) is 0 Å². The number of aliphatic hydroxyl groups excluding tert-OH is 2.